The number of aromatic nitrogens is 1. The number of aryl methyl sites for hydroxylation is 1. The Morgan fingerprint density at radius 3 is 2.53 bits per heavy atom. The molecule has 0 spiro atoms. The maximum Gasteiger partial charge on any atom is 0.128 e. The highest BCUT2D eigenvalue weighted by atomic mass is 16.5. The van der Waals surface area contributed by atoms with E-state index in [2.05, 4.69) is 4.98 Å². The number of aliphatic hydroxyl groups is 1. The summed E-state index contributed by atoms with van der Waals surface area (Å²) in [5, 5.41) is 10.5. The second-order valence-corrected chi connectivity index (χ2v) is 4.19. The predicted molar refractivity (Wildman–Crippen MR) is 72.6 cm³/mol. The van der Waals surface area contributed by atoms with Crippen LogP contribution in [-0.4, -0.2) is 24.3 Å². The second-order valence-electron chi connectivity index (χ2n) is 4.19. The Bertz CT molecular complexity index is 569. The lowest BCUT2D eigenvalue weighted by Gasteiger charge is -2.17. The first kappa shape index (κ1) is 13.4. The van der Waals surface area contributed by atoms with Gasteiger partial charge in [-0.3, -0.25) is 4.98 Å². The molecule has 0 aliphatic rings. The quantitative estimate of drug-likeness (QED) is 0.916. The van der Waals surface area contributed by atoms with E-state index in [9.17, 15) is 5.11 Å². The highest BCUT2D eigenvalue weighted by Crippen LogP contribution is 2.33. The zero-order valence-electron chi connectivity index (χ0n) is 11.3. The Hall–Kier alpha value is -2.07. The molecule has 0 bridgehead atoms. The molecule has 2 aromatic rings. The fourth-order valence-corrected chi connectivity index (χ4v) is 2.00. The van der Waals surface area contributed by atoms with E-state index in [-0.39, 0.29) is 0 Å². The number of pyridine rings is 1. The molecule has 4 heteroatoms. The number of hydrogen-bond donors (Lipinski definition) is 1. The van der Waals surface area contributed by atoms with Gasteiger partial charge in [-0.25, -0.2) is 0 Å². The number of nitrogens with zero attached hydrogens (tertiary/aromatic N) is 1. The number of methoxy groups -OCH3 is 2. The van der Waals surface area contributed by atoms with Crippen LogP contribution in [0.5, 0.6) is 11.5 Å². The van der Waals surface area contributed by atoms with Crippen LogP contribution in [0.1, 0.15) is 22.9 Å². The van der Waals surface area contributed by atoms with E-state index < -0.39 is 6.10 Å². The first-order valence-electron chi connectivity index (χ1n) is 5.99. The van der Waals surface area contributed by atoms with Crippen molar-refractivity contribution in [2.75, 3.05) is 14.2 Å². The molecular formula is C15H17NO3. The van der Waals surface area contributed by atoms with Crippen LogP contribution in [0.25, 0.3) is 0 Å². The van der Waals surface area contributed by atoms with E-state index in [1.54, 1.807) is 38.6 Å². The standard InChI is InChI=1S/C15H17NO3/c1-10-12(5-4-8-16-10)15(17)13-7-6-11(18-2)9-14(13)19-3/h4-9,15,17H,1-3H3. The van der Waals surface area contributed by atoms with Crippen molar-refractivity contribution in [3.05, 3.63) is 53.3 Å². The van der Waals surface area contributed by atoms with Crippen LogP contribution in [0.4, 0.5) is 0 Å². The molecule has 4 nitrogen and oxygen atoms in total. The number of hydrogen-bond acceptors (Lipinski definition) is 4. The number of aliphatic hydroxyl groups excluding tert-OH is 1. The zero-order chi connectivity index (χ0) is 13.8. The van der Waals surface area contributed by atoms with Gasteiger partial charge in [0.1, 0.15) is 17.6 Å². The van der Waals surface area contributed by atoms with Gasteiger partial charge in [0.2, 0.25) is 0 Å². The van der Waals surface area contributed by atoms with Crippen molar-refractivity contribution in [1.29, 1.82) is 0 Å². The van der Waals surface area contributed by atoms with Gasteiger partial charge in [0.05, 0.1) is 14.2 Å². The molecule has 2 rings (SSSR count). The van der Waals surface area contributed by atoms with Gasteiger partial charge in [-0.2, -0.15) is 0 Å². The Balaban J connectivity index is 2.44. The second kappa shape index (κ2) is 5.71. The fraction of sp³-hybridized carbons (Fsp3) is 0.267. The minimum atomic E-state index is -0.769. The van der Waals surface area contributed by atoms with E-state index >= 15 is 0 Å². The number of ether oxygens (including phenoxy) is 2. The largest absolute Gasteiger partial charge is 0.497 e. The number of rotatable bonds is 4. The van der Waals surface area contributed by atoms with Crippen LogP contribution >= 0.6 is 0 Å². The SMILES string of the molecule is COc1ccc(C(O)c2cccnc2C)c(OC)c1. The summed E-state index contributed by atoms with van der Waals surface area (Å²) in [6.07, 6.45) is 0.936. The van der Waals surface area contributed by atoms with Crippen LogP contribution < -0.4 is 9.47 Å². The maximum atomic E-state index is 10.5. The van der Waals surface area contributed by atoms with Crippen molar-refractivity contribution >= 4 is 0 Å². The molecule has 1 atom stereocenters. The Morgan fingerprint density at radius 2 is 1.89 bits per heavy atom. The van der Waals surface area contributed by atoms with Crippen LogP contribution in [0, 0.1) is 6.92 Å². The molecule has 0 aliphatic heterocycles. The molecule has 100 valence electrons. The molecule has 1 unspecified atom stereocenters. The molecule has 0 fully saturated rings. The summed E-state index contributed by atoms with van der Waals surface area (Å²) >= 11 is 0. The lowest BCUT2D eigenvalue weighted by molar-refractivity contribution is 0.213. The van der Waals surface area contributed by atoms with Crippen molar-refractivity contribution in [2.45, 2.75) is 13.0 Å². The first-order chi connectivity index (χ1) is 9.17. The topological polar surface area (TPSA) is 51.6 Å². The van der Waals surface area contributed by atoms with Crippen molar-refractivity contribution in [3.8, 4) is 11.5 Å². The molecule has 1 N–H and O–H groups in total. The third kappa shape index (κ3) is 2.69. The summed E-state index contributed by atoms with van der Waals surface area (Å²) in [5.74, 6) is 1.28. The molecule has 1 heterocycles. The highest BCUT2D eigenvalue weighted by Gasteiger charge is 2.18. The van der Waals surface area contributed by atoms with Crippen LogP contribution in [0.3, 0.4) is 0 Å². The third-order valence-electron chi connectivity index (χ3n) is 3.08. The van der Waals surface area contributed by atoms with Crippen molar-refractivity contribution in [2.24, 2.45) is 0 Å². The smallest absolute Gasteiger partial charge is 0.128 e. The average molecular weight is 259 g/mol. The van der Waals surface area contributed by atoms with E-state index in [0.717, 1.165) is 11.3 Å². The summed E-state index contributed by atoms with van der Waals surface area (Å²) in [7, 11) is 3.16. The van der Waals surface area contributed by atoms with Gasteiger partial charge in [-0.05, 0) is 25.1 Å². The normalized spacial score (nSPS) is 12.0. The van der Waals surface area contributed by atoms with Crippen molar-refractivity contribution < 1.29 is 14.6 Å². The summed E-state index contributed by atoms with van der Waals surface area (Å²) in [4.78, 5) is 4.19. The monoisotopic (exact) mass is 259 g/mol. The average Bonchev–Trinajstić information content (AvgIpc) is 2.46. The number of benzene rings is 1. The van der Waals surface area contributed by atoms with E-state index in [1.165, 1.54) is 0 Å². The summed E-state index contributed by atoms with van der Waals surface area (Å²) in [6.45, 7) is 1.87. The van der Waals surface area contributed by atoms with Gasteiger partial charge in [0, 0.05) is 29.1 Å². The predicted octanol–water partition coefficient (Wildman–Crippen LogP) is 2.49. The summed E-state index contributed by atoms with van der Waals surface area (Å²) in [5.41, 5.74) is 2.26. The Kier molecular flexibility index (Phi) is 4.02. The molecule has 19 heavy (non-hydrogen) atoms. The van der Waals surface area contributed by atoms with Gasteiger partial charge in [0.25, 0.3) is 0 Å². The Labute approximate surface area is 112 Å². The minimum absolute atomic E-state index is 0.593. The zero-order valence-corrected chi connectivity index (χ0v) is 11.3. The van der Waals surface area contributed by atoms with Gasteiger partial charge in [-0.15, -0.1) is 0 Å². The minimum Gasteiger partial charge on any atom is -0.497 e. The maximum absolute atomic E-state index is 10.5. The first-order valence-corrected chi connectivity index (χ1v) is 5.99. The molecule has 1 aromatic carbocycles. The molecule has 1 aromatic heterocycles. The lowest BCUT2D eigenvalue weighted by atomic mass is 9.99. The molecule has 0 saturated carbocycles. The van der Waals surface area contributed by atoms with E-state index in [1.807, 2.05) is 19.1 Å². The molecule has 0 radical (unpaired) electrons. The van der Waals surface area contributed by atoms with Crippen molar-refractivity contribution in [3.63, 3.8) is 0 Å². The van der Waals surface area contributed by atoms with Gasteiger partial charge >= 0.3 is 0 Å². The molecule has 0 amide bonds. The van der Waals surface area contributed by atoms with Gasteiger partial charge in [0.15, 0.2) is 0 Å². The van der Waals surface area contributed by atoms with Gasteiger partial charge < -0.3 is 14.6 Å². The van der Waals surface area contributed by atoms with Gasteiger partial charge in [-0.1, -0.05) is 6.07 Å². The molecule has 0 aliphatic carbocycles. The van der Waals surface area contributed by atoms with Crippen LogP contribution in [-0.2, 0) is 0 Å². The van der Waals surface area contributed by atoms with Crippen LogP contribution in [0.2, 0.25) is 0 Å². The van der Waals surface area contributed by atoms with Crippen LogP contribution in [0.15, 0.2) is 36.5 Å². The fourth-order valence-electron chi connectivity index (χ4n) is 2.00. The summed E-state index contributed by atoms with van der Waals surface area (Å²) in [6, 6.07) is 9.02. The third-order valence-corrected chi connectivity index (χ3v) is 3.08. The molecule has 0 saturated heterocycles. The lowest BCUT2D eigenvalue weighted by Crippen LogP contribution is -2.05. The highest BCUT2D eigenvalue weighted by molar-refractivity contribution is 5.45. The van der Waals surface area contributed by atoms with E-state index in [4.69, 9.17) is 9.47 Å². The van der Waals surface area contributed by atoms with E-state index in [0.29, 0.717) is 17.1 Å². The summed E-state index contributed by atoms with van der Waals surface area (Å²) < 4.78 is 10.5. The Morgan fingerprint density at radius 1 is 1.11 bits per heavy atom. The van der Waals surface area contributed by atoms with Crippen molar-refractivity contribution in [1.82, 2.24) is 4.98 Å². The molecular weight excluding hydrogens is 242 g/mol.